The first kappa shape index (κ1) is 20.2. The van der Waals surface area contributed by atoms with Crippen LogP contribution in [0.25, 0.3) is 10.8 Å². The van der Waals surface area contributed by atoms with E-state index in [-0.39, 0.29) is 16.4 Å². The Morgan fingerprint density at radius 2 is 1.79 bits per heavy atom. The number of pyridine rings is 1. The van der Waals surface area contributed by atoms with Gasteiger partial charge in [0.25, 0.3) is 12.0 Å². The Labute approximate surface area is 163 Å². The summed E-state index contributed by atoms with van der Waals surface area (Å²) < 4.78 is 55.1. The zero-order valence-electron chi connectivity index (χ0n) is 15.3. The summed E-state index contributed by atoms with van der Waals surface area (Å²) in [7, 11) is 1.55. The molecule has 0 aliphatic rings. The smallest absolute Gasteiger partial charge is 0.268 e. The molecule has 0 unspecified atom stereocenters. The molecule has 3 nitrogen and oxygen atoms in total. The van der Waals surface area contributed by atoms with Crippen LogP contribution in [-0.2, 0) is 7.05 Å². The van der Waals surface area contributed by atoms with E-state index in [0.717, 1.165) is 17.7 Å². The lowest BCUT2D eigenvalue weighted by molar-refractivity contribution is 0.146. The summed E-state index contributed by atoms with van der Waals surface area (Å²) in [5.41, 5.74) is -0.126. The molecule has 1 heterocycles. The molecule has 148 valence electrons. The number of nitrogens with one attached hydrogen (secondary N) is 1. The zero-order chi connectivity index (χ0) is 20.7. The molecule has 0 saturated heterocycles. The van der Waals surface area contributed by atoms with Crippen LogP contribution in [0.5, 0.6) is 0 Å². The van der Waals surface area contributed by atoms with Crippen LogP contribution in [0.4, 0.5) is 23.2 Å². The normalized spacial score (nSPS) is 12.6. The molecule has 1 N–H and O–H groups in total. The predicted octanol–water partition coefficient (Wildman–Crippen LogP) is 5.89. The van der Waals surface area contributed by atoms with E-state index in [1.54, 1.807) is 39.1 Å². The van der Waals surface area contributed by atoms with Crippen LogP contribution in [0.1, 0.15) is 36.1 Å². The van der Waals surface area contributed by atoms with Crippen molar-refractivity contribution in [1.82, 2.24) is 4.57 Å². The first-order valence-electron chi connectivity index (χ1n) is 8.44. The number of fused-ring (bicyclic) bond motifs is 1. The van der Waals surface area contributed by atoms with E-state index in [1.165, 1.54) is 4.57 Å². The molecule has 1 aromatic heterocycles. The SMILES string of the molecule is Cc1cc([C@@H](C)Nc2ccc(F)c(F)c2C(F)F)c2cc(Cl)n(C)c(=O)c2c1. The van der Waals surface area contributed by atoms with Crippen molar-refractivity contribution in [3.63, 3.8) is 0 Å². The summed E-state index contributed by atoms with van der Waals surface area (Å²) in [6, 6.07) is 6.39. The fourth-order valence-electron chi connectivity index (χ4n) is 3.23. The molecule has 3 rings (SSSR count). The van der Waals surface area contributed by atoms with Crippen molar-refractivity contribution in [2.45, 2.75) is 26.3 Å². The topological polar surface area (TPSA) is 34.0 Å². The molecule has 0 saturated carbocycles. The highest BCUT2D eigenvalue weighted by Gasteiger charge is 2.23. The van der Waals surface area contributed by atoms with Crippen molar-refractivity contribution in [3.05, 3.63) is 74.2 Å². The molecule has 28 heavy (non-hydrogen) atoms. The van der Waals surface area contributed by atoms with E-state index < -0.39 is 29.7 Å². The molecule has 0 bridgehead atoms. The van der Waals surface area contributed by atoms with Crippen molar-refractivity contribution < 1.29 is 17.6 Å². The van der Waals surface area contributed by atoms with E-state index in [1.807, 2.05) is 0 Å². The first-order valence-corrected chi connectivity index (χ1v) is 8.82. The lowest BCUT2D eigenvalue weighted by atomic mass is 9.97. The van der Waals surface area contributed by atoms with Crippen LogP contribution in [-0.4, -0.2) is 4.57 Å². The predicted molar refractivity (Wildman–Crippen MR) is 102 cm³/mol. The highest BCUT2D eigenvalue weighted by molar-refractivity contribution is 6.30. The molecule has 8 heteroatoms. The Kier molecular flexibility index (Phi) is 5.39. The zero-order valence-corrected chi connectivity index (χ0v) is 16.0. The van der Waals surface area contributed by atoms with Gasteiger partial charge >= 0.3 is 0 Å². The van der Waals surface area contributed by atoms with Crippen LogP contribution < -0.4 is 10.9 Å². The van der Waals surface area contributed by atoms with Crippen molar-refractivity contribution in [2.24, 2.45) is 7.05 Å². The number of rotatable bonds is 4. The minimum atomic E-state index is -3.19. The van der Waals surface area contributed by atoms with Crippen molar-refractivity contribution in [3.8, 4) is 0 Å². The minimum Gasteiger partial charge on any atom is -0.378 e. The van der Waals surface area contributed by atoms with Gasteiger partial charge in [-0.2, -0.15) is 0 Å². The summed E-state index contributed by atoms with van der Waals surface area (Å²) in [5, 5.41) is 4.01. The molecule has 0 aliphatic carbocycles. The van der Waals surface area contributed by atoms with E-state index >= 15 is 0 Å². The van der Waals surface area contributed by atoms with E-state index in [9.17, 15) is 22.4 Å². The maximum absolute atomic E-state index is 13.9. The first-order chi connectivity index (χ1) is 13.1. The van der Waals surface area contributed by atoms with Crippen LogP contribution in [0, 0.1) is 18.6 Å². The molecule has 1 atom stereocenters. The van der Waals surface area contributed by atoms with Gasteiger partial charge in [-0.15, -0.1) is 0 Å². The largest absolute Gasteiger partial charge is 0.378 e. The van der Waals surface area contributed by atoms with Gasteiger partial charge in [0.05, 0.1) is 5.56 Å². The molecule has 0 fully saturated rings. The molecule has 0 aliphatic heterocycles. The number of alkyl halides is 2. The molecular weight excluding hydrogens is 396 g/mol. The maximum Gasteiger partial charge on any atom is 0.268 e. The van der Waals surface area contributed by atoms with Crippen molar-refractivity contribution in [1.29, 1.82) is 0 Å². The van der Waals surface area contributed by atoms with Gasteiger partial charge in [0.1, 0.15) is 5.15 Å². The number of benzene rings is 2. The molecule has 0 radical (unpaired) electrons. The Balaban J connectivity index is 2.15. The van der Waals surface area contributed by atoms with Crippen LogP contribution >= 0.6 is 11.6 Å². The summed E-state index contributed by atoms with van der Waals surface area (Å²) in [5.74, 6) is -2.93. The van der Waals surface area contributed by atoms with E-state index in [4.69, 9.17) is 11.6 Å². The van der Waals surface area contributed by atoms with Gasteiger partial charge in [-0.25, -0.2) is 17.6 Å². The summed E-state index contributed by atoms with van der Waals surface area (Å²) >= 11 is 6.13. The maximum atomic E-state index is 13.9. The standard InChI is InChI=1S/C20H17ClF4N2O/c1-9-6-11(12-8-16(21)27(3)20(28)13(12)7-9)10(2)26-15-5-4-14(22)18(23)17(15)19(24)25/h4-8,10,19,26H,1-3H3/t10-/m1/s1. The molecule has 0 spiro atoms. The van der Waals surface area contributed by atoms with E-state index in [2.05, 4.69) is 5.32 Å². The summed E-state index contributed by atoms with van der Waals surface area (Å²) in [6.07, 6.45) is -3.19. The molecule has 2 aromatic carbocycles. The number of nitrogens with zero attached hydrogens (tertiary/aromatic N) is 1. The third-order valence-corrected chi connectivity index (χ3v) is 5.03. The number of halogens is 5. The van der Waals surface area contributed by atoms with Crippen LogP contribution in [0.2, 0.25) is 5.15 Å². The van der Waals surface area contributed by atoms with Gasteiger partial charge in [-0.05, 0) is 54.6 Å². The van der Waals surface area contributed by atoms with Gasteiger partial charge in [0.15, 0.2) is 11.6 Å². The fraction of sp³-hybridized carbons (Fsp3) is 0.250. The van der Waals surface area contributed by atoms with Gasteiger partial charge in [0, 0.05) is 24.2 Å². The second-order valence-corrected chi connectivity index (χ2v) is 7.02. The minimum absolute atomic E-state index is 0.217. The average Bonchev–Trinajstić information content (AvgIpc) is 2.63. The van der Waals surface area contributed by atoms with Crippen molar-refractivity contribution in [2.75, 3.05) is 5.32 Å². The number of anilines is 1. The lowest BCUT2D eigenvalue weighted by Gasteiger charge is -2.21. The van der Waals surface area contributed by atoms with E-state index in [0.29, 0.717) is 16.3 Å². The number of hydrogen-bond acceptors (Lipinski definition) is 2. The number of hydrogen-bond donors (Lipinski definition) is 1. The van der Waals surface area contributed by atoms with Crippen LogP contribution in [0.3, 0.4) is 0 Å². The Bertz CT molecular complexity index is 1130. The highest BCUT2D eigenvalue weighted by atomic mass is 35.5. The van der Waals surface area contributed by atoms with Gasteiger partial charge < -0.3 is 9.88 Å². The molecule has 0 amide bonds. The third kappa shape index (κ3) is 3.46. The number of aryl methyl sites for hydroxylation is 1. The van der Waals surface area contributed by atoms with Gasteiger partial charge in [-0.1, -0.05) is 17.7 Å². The lowest BCUT2D eigenvalue weighted by Crippen LogP contribution is -2.19. The Morgan fingerprint density at radius 3 is 2.43 bits per heavy atom. The second-order valence-electron chi connectivity index (χ2n) is 6.64. The molecular formula is C20H17ClF4N2O. The number of aromatic nitrogens is 1. The van der Waals surface area contributed by atoms with Gasteiger partial charge in [-0.3, -0.25) is 4.79 Å². The Hall–Kier alpha value is -2.54. The average molecular weight is 413 g/mol. The van der Waals surface area contributed by atoms with Crippen molar-refractivity contribution >= 4 is 28.1 Å². The second kappa shape index (κ2) is 7.47. The molecule has 3 aromatic rings. The van der Waals surface area contributed by atoms with Crippen LogP contribution in [0.15, 0.2) is 35.1 Å². The monoisotopic (exact) mass is 412 g/mol. The summed E-state index contributed by atoms with van der Waals surface area (Å²) in [4.78, 5) is 12.5. The quantitative estimate of drug-likeness (QED) is 0.428. The summed E-state index contributed by atoms with van der Waals surface area (Å²) in [6.45, 7) is 3.47. The highest BCUT2D eigenvalue weighted by Crippen LogP contribution is 2.35. The van der Waals surface area contributed by atoms with Gasteiger partial charge in [0.2, 0.25) is 0 Å². The Morgan fingerprint density at radius 1 is 1.11 bits per heavy atom. The third-order valence-electron chi connectivity index (χ3n) is 4.66. The fourth-order valence-corrected chi connectivity index (χ4v) is 3.42.